The second-order valence-corrected chi connectivity index (χ2v) is 3.30. The van der Waals surface area contributed by atoms with Crippen LogP contribution in [0.15, 0.2) is 4.52 Å². The average Bonchev–Trinajstić information content (AvgIpc) is 2.53. The molecular weight excluding hydrogens is 170 g/mol. The van der Waals surface area contributed by atoms with Gasteiger partial charge in [0.15, 0.2) is 5.82 Å². The van der Waals surface area contributed by atoms with Crippen molar-refractivity contribution in [1.82, 2.24) is 15.1 Å². The molecule has 0 aliphatic carbocycles. The largest absolute Gasteiger partial charge is 0.351 e. The number of piperidine rings is 1. The number of nitrogens with zero attached hydrogens (tertiary/aromatic N) is 3. The highest BCUT2D eigenvalue weighted by Crippen LogP contribution is 2.24. The Kier molecular flexibility index (Phi) is 2.15. The Hall–Kier alpha value is -1.14. The van der Waals surface area contributed by atoms with E-state index in [4.69, 9.17) is 16.1 Å². The van der Waals surface area contributed by atoms with E-state index in [9.17, 15) is 0 Å². The molecule has 72 valence electrons. The van der Waals surface area contributed by atoms with E-state index in [1.54, 1.807) is 5.01 Å². The van der Waals surface area contributed by atoms with Gasteiger partial charge in [0.25, 0.3) is 0 Å². The lowest BCUT2D eigenvalue weighted by Crippen LogP contribution is -2.38. The number of hydrazine groups is 1. The summed E-state index contributed by atoms with van der Waals surface area (Å²) in [5.74, 6) is 6.69. The van der Waals surface area contributed by atoms with Gasteiger partial charge in [-0.05, 0) is 12.8 Å². The van der Waals surface area contributed by atoms with Gasteiger partial charge in [-0.3, -0.25) is 5.84 Å². The first-order valence-corrected chi connectivity index (χ1v) is 4.34. The summed E-state index contributed by atoms with van der Waals surface area (Å²) in [6.45, 7) is 1.75. The molecule has 0 unspecified atom stereocenters. The maximum absolute atomic E-state index is 5.62. The van der Waals surface area contributed by atoms with Crippen molar-refractivity contribution in [3.05, 3.63) is 5.82 Å². The molecule has 0 amide bonds. The van der Waals surface area contributed by atoms with E-state index >= 15 is 0 Å². The fourth-order valence-electron chi connectivity index (χ4n) is 1.57. The van der Waals surface area contributed by atoms with Crippen LogP contribution >= 0.6 is 0 Å². The maximum Gasteiger partial charge on any atom is 0.318 e. The van der Waals surface area contributed by atoms with Crippen LogP contribution in [0, 0.1) is 0 Å². The first kappa shape index (κ1) is 8.46. The van der Waals surface area contributed by atoms with Gasteiger partial charge in [-0.25, -0.2) is 5.01 Å². The van der Waals surface area contributed by atoms with E-state index in [0.29, 0.717) is 11.7 Å². The van der Waals surface area contributed by atoms with Crippen molar-refractivity contribution in [2.75, 3.05) is 18.8 Å². The Morgan fingerprint density at radius 3 is 2.62 bits per heavy atom. The smallest absolute Gasteiger partial charge is 0.318 e. The van der Waals surface area contributed by atoms with Gasteiger partial charge in [0.05, 0.1) is 0 Å². The zero-order valence-corrected chi connectivity index (χ0v) is 7.31. The van der Waals surface area contributed by atoms with Crippen molar-refractivity contribution in [3.63, 3.8) is 0 Å². The topological polar surface area (TPSA) is 94.2 Å². The molecule has 13 heavy (non-hydrogen) atoms. The molecule has 0 aromatic carbocycles. The van der Waals surface area contributed by atoms with E-state index < -0.39 is 0 Å². The molecule has 1 aliphatic heterocycles. The fraction of sp³-hybridized carbons (Fsp3) is 0.714. The van der Waals surface area contributed by atoms with Gasteiger partial charge in [0.2, 0.25) is 0 Å². The summed E-state index contributed by atoms with van der Waals surface area (Å²) in [5.41, 5.74) is 5.34. The predicted octanol–water partition coefficient (Wildman–Crippen LogP) is -0.295. The van der Waals surface area contributed by atoms with Gasteiger partial charge in [-0.15, -0.1) is 0 Å². The summed E-state index contributed by atoms with van der Waals surface area (Å²) >= 11 is 0. The molecule has 0 bridgehead atoms. The van der Waals surface area contributed by atoms with E-state index in [2.05, 4.69) is 10.1 Å². The summed E-state index contributed by atoms with van der Waals surface area (Å²) in [4.78, 5) is 4.00. The molecule has 2 heterocycles. The normalized spacial score (nSPS) is 20.7. The van der Waals surface area contributed by atoms with Crippen LogP contribution in [0.25, 0.3) is 0 Å². The quantitative estimate of drug-likeness (QED) is 0.581. The maximum atomic E-state index is 5.62. The molecule has 4 N–H and O–H groups in total. The Morgan fingerprint density at radius 1 is 1.38 bits per heavy atom. The molecule has 0 spiro atoms. The third kappa shape index (κ3) is 1.78. The van der Waals surface area contributed by atoms with Gasteiger partial charge in [-0.2, -0.15) is 4.98 Å². The summed E-state index contributed by atoms with van der Waals surface area (Å²) in [7, 11) is 0. The Labute approximate surface area is 75.8 Å². The average molecular weight is 183 g/mol. The minimum atomic E-state index is 0.144. The number of nitrogens with two attached hydrogens (primary N) is 2. The van der Waals surface area contributed by atoms with Crippen LogP contribution in [0.5, 0.6) is 0 Å². The van der Waals surface area contributed by atoms with Crippen LogP contribution in [0.1, 0.15) is 24.6 Å². The van der Waals surface area contributed by atoms with Crippen LogP contribution in [0.2, 0.25) is 0 Å². The van der Waals surface area contributed by atoms with Crippen LogP contribution in [-0.2, 0) is 0 Å². The first-order valence-electron chi connectivity index (χ1n) is 4.34. The van der Waals surface area contributed by atoms with E-state index in [0.717, 1.165) is 25.9 Å². The Morgan fingerprint density at radius 2 is 2.08 bits per heavy atom. The molecule has 6 heteroatoms. The summed E-state index contributed by atoms with van der Waals surface area (Å²) in [6, 6.07) is 0.144. The van der Waals surface area contributed by atoms with Crippen molar-refractivity contribution in [1.29, 1.82) is 0 Å². The van der Waals surface area contributed by atoms with Crippen molar-refractivity contribution in [2.24, 2.45) is 5.84 Å². The van der Waals surface area contributed by atoms with Crippen molar-refractivity contribution < 1.29 is 4.52 Å². The zero-order chi connectivity index (χ0) is 9.26. The SMILES string of the molecule is Nc1nc(C2CCN(N)CC2)no1. The van der Waals surface area contributed by atoms with Gasteiger partial charge in [0.1, 0.15) is 0 Å². The van der Waals surface area contributed by atoms with Crippen LogP contribution in [-0.4, -0.2) is 28.2 Å². The van der Waals surface area contributed by atoms with E-state index in [1.807, 2.05) is 0 Å². The lowest BCUT2D eigenvalue weighted by atomic mass is 9.97. The van der Waals surface area contributed by atoms with Gasteiger partial charge in [-0.1, -0.05) is 5.16 Å². The highest BCUT2D eigenvalue weighted by atomic mass is 16.5. The second kappa shape index (κ2) is 3.31. The highest BCUT2D eigenvalue weighted by molar-refractivity contribution is 5.10. The van der Waals surface area contributed by atoms with Crippen LogP contribution in [0.3, 0.4) is 0 Å². The van der Waals surface area contributed by atoms with E-state index in [1.165, 1.54) is 0 Å². The molecule has 0 atom stereocenters. The Balaban J connectivity index is 2.02. The van der Waals surface area contributed by atoms with Gasteiger partial charge >= 0.3 is 6.01 Å². The van der Waals surface area contributed by atoms with Crippen LogP contribution < -0.4 is 11.6 Å². The Bertz CT molecular complexity index is 278. The van der Waals surface area contributed by atoms with Gasteiger partial charge in [0, 0.05) is 19.0 Å². The molecule has 6 nitrogen and oxygen atoms in total. The molecule has 0 saturated carbocycles. The number of anilines is 1. The molecule has 1 fully saturated rings. The summed E-state index contributed by atoms with van der Waals surface area (Å²) in [5, 5.41) is 5.60. The minimum absolute atomic E-state index is 0.144. The minimum Gasteiger partial charge on any atom is -0.351 e. The van der Waals surface area contributed by atoms with Crippen LogP contribution in [0.4, 0.5) is 6.01 Å². The molecule has 1 aliphatic rings. The van der Waals surface area contributed by atoms with E-state index in [-0.39, 0.29) is 6.01 Å². The predicted molar refractivity (Wildman–Crippen MR) is 46.4 cm³/mol. The number of hydrogen-bond acceptors (Lipinski definition) is 6. The molecular formula is C7H13N5O. The number of nitrogen functional groups attached to an aromatic ring is 1. The summed E-state index contributed by atoms with van der Waals surface area (Å²) < 4.78 is 4.72. The third-order valence-electron chi connectivity index (χ3n) is 2.35. The zero-order valence-electron chi connectivity index (χ0n) is 7.31. The number of hydrogen-bond donors (Lipinski definition) is 2. The standard InChI is InChI=1S/C7H13N5O/c8-7-10-6(11-13-7)5-1-3-12(9)4-2-5/h5H,1-4,9H2,(H2,8,10,11). The number of rotatable bonds is 1. The lowest BCUT2D eigenvalue weighted by molar-refractivity contribution is 0.212. The monoisotopic (exact) mass is 183 g/mol. The molecule has 1 aromatic rings. The molecule has 1 saturated heterocycles. The second-order valence-electron chi connectivity index (χ2n) is 3.30. The summed E-state index contributed by atoms with van der Waals surface area (Å²) in [6.07, 6.45) is 1.94. The first-order chi connectivity index (χ1) is 6.25. The van der Waals surface area contributed by atoms with Crippen molar-refractivity contribution in [2.45, 2.75) is 18.8 Å². The third-order valence-corrected chi connectivity index (χ3v) is 2.35. The fourth-order valence-corrected chi connectivity index (χ4v) is 1.57. The number of aromatic nitrogens is 2. The highest BCUT2D eigenvalue weighted by Gasteiger charge is 2.22. The van der Waals surface area contributed by atoms with Gasteiger partial charge < -0.3 is 10.3 Å². The van der Waals surface area contributed by atoms with Crippen molar-refractivity contribution >= 4 is 6.01 Å². The molecule has 2 rings (SSSR count). The lowest BCUT2D eigenvalue weighted by Gasteiger charge is -2.26. The van der Waals surface area contributed by atoms with Crippen molar-refractivity contribution in [3.8, 4) is 0 Å². The molecule has 1 aromatic heterocycles. The molecule has 0 radical (unpaired) electrons.